The van der Waals surface area contributed by atoms with Crippen molar-refractivity contribution in [1.82, 2.24) is 15.5 Å². The topological polar surface area (TPSA) is 74.6 Å². The van der Waals surface area contributed by atoms with E-state index in [0.29, 0.717) is 12.0 Å². The lowest BCUT2D eigenvalue weighted by molar-refractivity contribution is -0.121. The van der Waals surface area contributed by atoms with Gasteiger partial charge in [0.2, 0.25) is 5.91 Å². The number of furan rings is 1. The lowest BCUT2D eigenvalue weighted by atomic mass is 9.94. The molecule has 0 aliphatic carbocycles. The molecule has 2 aliphatic rings. The Hall–Kier alpha value is -1.66. The standard InChI is InChI=1S/C14H19N3O3/c18-13(16-14(19)12-4-2-6-20-12)9-17-7-10-3-1-5-15-11(10)8-17/h2,4,6,10-11,15H,1,3,5,7-9H2,(H,16,18,19)/t10-,11+/m0/s1. The molecule has 2 saturated heterocycles. The number of rotatable bonds is 3. The maximum absolute atomic E-state index is 11.9. The molecule has 3 heterocycles. The number of imide groups is 1. The molecule has 0 saturated carbocycles. The van der Waals surface area contributed by atoms with Gasteiger partial charge in [0.15, 0.2) is 5.76 Å². The van der Waals surface area contributed by atoms with E-state index in [0.717, 1.165) is 19.6 Å². The van der Waals surface area contributed by atoms with Crippen LogP contribution in [-0.4, -0.2) is 48.9 Å². The van der Waals surface area contributed by atoms with Crippen LogP contribution in [-0.2, 0) is 4.79 Å². The molecule has 1 aromatic heterocycles. The van der Waals surface area contributed by atoms with E-state index in [9.17, 15) is 9.59 Å². The minimum absolute atomic E-state index is 0.162. The van der Waals surface area contributed by atoms with E-state index in [1.165, 1.54) is 25.2 Å². The van der Waals surface area contributed by atoms with Crippen LogP contribution in [0.15, 0.2) is 22.8 Å². The highest BCUT2D eigenvalue weighted by molar-refractivity contribution is 6.03. The van der Waals surface area contributed by atoms with Crippen molar-refractivity contribution < 1.29 is 14.0 Å². The highest BCUT2D eigenvalue weighted by atomic mass is 16.3. The average molecular weight is 277 g/mol. The van der Waals surface area contributed by atoms with Gasteiger partial charge in [0, 0.05) is 19.1 Å². The average Bonchev–Trinajstić information content (AvgIpc) is 3.07. The third-order valence-corrected chi connectivity index (χ3v) is 4.04. The number of amides is 2. The van der Waals surface area contributed by atoms with Crippen molar-refractivity contribution in [2.24, 2.45) is 5.92 Å². The van der Waals surface area contributed by atoms with Crippen LogP contribution in [0.5, 0.6) is 0 Å². The number of nitrogens with one attached hydrogen (secondary N) is 2. The second-order valence-corrected chi connectivity index (χ2v) is 5.51. The summed E-state index contributed by atoms with van der Waals surface area (Å²) in [5, 5.41) is 5.85. The van der Waals surface area contributed by atoms with Gasteiger partial charge in [0.05, 0.1) is 12.8 Å². The number of piperidine rings is 1. The van der Waals surface area contributed by atoms with Gasteiger partial charge in [-0.1, -0.05) is 0 Å². The highest BCUT2D eigenvalue weighted by Gasteiger charge is 2.34. The first-order chi connectivity index (χ1) is 9.72. The molecule has 2 amide bonds. The quantitative estimate of drug-likeness (QED) is 0.826. The number of nitrogens with zero attached hydrogens (tertiary/aromatic N) is 1. The first-order valence-electron chi connectivity index (χ1n) is 7.06. The Bertz CT molecular complexity index is 472. The first kappa shape index (κ1) is 13.3. The minimum atomic E-state index is -0.477. The molecule has 0 unspecified atom stereocenters. The predicted molar refractivity (Wildman–Crippen MR) is 72.1 cm³/mol. The predicted octanol–water partition coefficient (Wildman–Crippen LogP) is 0.220. The van der Waals surface area contributed by atoms with Crippen molar-refractivity contribution in [3.63, 3.8) is 0 Å². The van der Waals surface area contributed by atoms with E-state index in [2.05, 4.69) is 15.5 Å². The number of fused-ring (bicyclic) bond motifs is 1. The second kappa shape index (κ2) is 5.76. The van der Waals surface area contributed by atoms with Crippen LogP contribution in [0.25, 0.3) is 0 Å². The van der Waals surface area contributed by atoms with E-state index in [1.54, 1.807) is 6.07 Å². The van der Waals surface area contributed by atoms with Crippen LogP contribution in [0, 0.1) is 5.92 Å². The van der Waals surface area contributed by atoms with E-state index < -0.39 is 5.91 Å². The fraction of sp³-hybridized carbons (Fsp3) is 0.571. The summed E-state index contributed by atoms with van der Waals surface area (Å²) in [6.45, 7) is 3.15. The number of carbonyl (C=O) groups excluding carboxylic acids is 2. The van der Waals surface area contributed by atoms with E-state index in [1.807, 2.05) is 0 Å². The Morgan fingerprint density at radius 2 is 2.35 bits per heavy atom. The third-order valence-electron chi connectivity index (χ3n) is 4.04. The van der Waals surface area contributed by atoms with Crippen molar-refractivity contribution in [2.45, 2.75) is 18.9 Å². The molecule has 3 rings (SSSR count). The van der Waals surface area contributed by atoms with Crippen LogP contribution in [0.4, 0.5) is 0 Å². The smallest absolute Gasteiger partial charge is 0.293 e. The Morgan fingerprint density at radius 3 is 3.10 bits per heavy atom. The van der Waals surface area contributed by atoms with Crippen LogP contribution in [0.1, 0.15) is 23.4 Å². The van der Waals surface area contributed by atoms with Gasteiger partial charge in [-0.25, -0.2) is 0 Å². The minimum Gasteiger partial charge on any atom is -0.459 e. The van der Waals surface area contributed by atoms with Crippen LogP contribution in [0.3, 0.4) is 0 Å². The molecule has 2 N–H and O–H groups in total. The molecule has 0 aromatic carbocycles. The highest BCUT2D eigenvalue weighted by Crippen LogP contribution is 2.24. The zero-order valence-electron chi connectivity index (χ0n) is 11.3. The van der Waals surface area contributed by atoms with Gasteiger partial charge in [-0.05, 0) is 37.4 Å². The van der Waals surface area contributed by atoms with Gasteiger partial charge in [-0.3, -0.25) is 19.8 Å². The number of carbonyl (C=O) groups is 2. The van der Waals surface area contributed by atoms with Crippen molar-refractivity contribution in [1.29, 1.82) is 0 Å². The largest absolute Gasteiger partial charge is 0.459 e. The summed E-state index contributed by atoms with van der Waals surface area (Å²) in [6.07, 6.45) is 3.84. The van der Waals surface area contributed by atoms with E-state index >= 15 is 0 Å². The molecule has 0 bridgehead atoms. The Morgan fingerprint density at radius 1 is 1.45 bits per heavy atom. The SMILES string of the molecule is O=C(CN1C[C@@H]2CCCN[C@@H]2C1)NC(=O)c1ccco1. The number of hydrogen-bond donors (Lipinski definition) is 2. The third kappa shape index (κ3) is 2.91. The van der Waals surface area contributed by atoms with Crippen molar-refractivity contribution in [3.05, 3.63) is 24.2 Å². The van der Waals surface area contributed by atoms with Gasteiger partial charge in [-0.2, -0.15) is 0 Å². The molecule has 2 aliphatic heterocycles. The van der Waals surface area contributed by atoms with Crippen molar-refractivity contribution in [3.8, 4) is 0 Å². The van der Waals surface area contributed by atoms with Gasteiger partial charge in [-0.15, -0.1) is 0 Å². The molecule has 108 valence electrons. The van der Waals surface area contributed by atoms with E-state index in [4.69, 9.17) is 4.42 Å². The summed E-state index contributed by atoms with van der Waals surface area (Å²) >= 11 is 0. The fourth-order valence-corrected chi connectivity index (χ4v) is 3.10. The van der Waals surface area contributed by atoms with E-state index in [-0.39, 0.29) is 18.2 Å². The number of hydrogen-bond acceptors (Lipinski definition) is 5. The van der Waals surface area contributed by atoms with Crippen LogP contribution < -0.4 is 10.6 Å². The molecule has 0 radical (unpaired) electrons. The maximum Gasteiger partial charge on any atom is 0.293 e. The monoisotopic (exact) mass is 277 g/mol. The molecule has 2 atom stereocenters. The molecular weight excluding hydrogens is 258 g/mol. The summed E-state index contributed by atoms with van der Waals surface area (Å²) in [7, 11) is 0. The zero-order valence-corrected chi connectivity index (χ0v) is 11.3. The molecule has 2 fully saturated rings. The van der Waals surface area contributed by atoms with Gasteiger partial charge in [0.1, 0.15) is 0 Å². The molecule has 0 spiro atoms. The lowest BCUT2D eigenvalue weighted by Gasteiger charge is -2.24. The molecule has 1 aromatic rings. The fourth-order valence-electron chi connectivity index (χ4n) is 3.10. The summed E-state index contributed by atoms with van der Waals surface area (Å²) in [5.41, 5.74) is 0. The molecule has 20 heavy (non-hydrogen) atoms. The summed E-state index contributed by atoms with van der Waals surface area (Å²) in [4.78, 5) is 25.7. The first-order valence-corrected chi connectivity index (χ1v) is 7.06. The Kier molecular flexibility index (Phi) is 3.84. The summed E-state index contributed by atoms with van der Waals surface area (Å²) in [6, 6.07) is 3.66. The Balaban J connectivity index is 1.48. The van der Waals surface area contributed by atoms with Crippen molar-refractivity contribution in [2.75, 3.05) is 26.2 Å². The van der Waals surface area contributed by atoms with Crippen LogP contribution >= 0.6 is 0 Å². The van der Waals surface area contributed by atoms with Crippen LogP contribution in [0.2, 0.25) is 0 Å². The summed E-state index contributed by atoms with van der Waals surface area (Å²) in [5.74, 6) is 0.0484. The molecular formula is C14H19N3O3. The lowest BCUT2D eigenvalue weighted by Crippen LogP contribution is -2.42. The maximum atomic E-state index is 11.9. The Labute approximate surface area is 117 Å². The van der Waals surface area contributed by atoms with Gasteiger partial charge in [0.25, 0.3) is 5.91 Å². The zero-order chi connectivity index (χ0) is 13.9. The molecule has 6 nitrogen and oxygen atoms in total. The normalized spacial score (nSPS) is 26.2. The van der Waals surface area contributed by atoms with Gasteiger partial charge < -0.3 is 9.73 Å². The summed E-state index contributed by atoms with van der Waals surface area (Å²) < 4.78 is 4.96. The van der Waals surface area contributed by atoms with Gasteiger partial charge >= 0.3 is 0 Å². The number of likely N-dealkylation sites (tertiary alicyclic amines) is 1. The van der Waals surface area contributed by atoms with Crippen molar-refractivity contribution >= 4 is 11.8 Å². The second-order valence-electron chi connectivity index (χ2n) is 5.51. The molecule has 6 heteroatoms.